The Hall–Kier alpha value is -3.11. The van der Waals surface area contributed by atoms with Gasteiger partial charge in [0, 0.05) is 31.3 Å². The number of rotatable bonds is 6. The van der Waals surface area contributed by atoms with Crippen molar-refractivity contribution < 1.29 is 4.79 Å². The second kappa shape index (κ2) is 7.87. The van der Waals surface area contributed by atoms with E-state index in [0.717, 1.165) is 22.1 Å². The molecule has 0 aliphatic heterocycles. The standard InChI is InChI=1S/C18H17N7OS2/c1-24-11-19-21-16(24)12-4-2-5-13(10-12)20-15(26)7-8-25-17(22-23-18(25)27)14-6-3-9-28-14/h2-6,9-11H,7-8H2,1H3,(H,20,26)(H,23,27). The second-order valence-corrected chi connectivity index (χ2v) is 7.46. The van der Waals surface area contributed by atoms with Crippen LogP contribution in [0.25, 0.3) is 22.1 Å². The Morgan fingerprint density at radius 2 is 2.18 bits per heavy atom. The van der Waals surface area contributed by atoms with Gasteiger partial charge in [-0.15, -0.1) is 21.5 Å². The number of anilines is 1. The number of thiophene rings is 1. The van der Waals surface area contributed by atoms with Gasteiger partial charge < -0.3 is 9.88 Å². The summed E-state index contributed by atoms with van der Waals surface area (Å²) in [7, 11) is 1.88. The number of aromatic amines is 1. The van der Waals surface area contributed by atoms with Gasteiger partial charge >= 0.3 is 0 Å². The third-order valence-corrected chi connectivity index (χ3v) is 5.36. The van der Waals surface area contributed by atoms with Crippen molar-refractivity contribution >= 4 is 35.1 Å². The van der Waals surface area contributed by atoms with Crippen molar-refractivity contribution in [1.29, 1.82) is 0 Å². The van der Waals surface area contributed by atoms with Gasteiger partial charge in [0.1, 0.15) is 6.33 Å². The summed E-state index contributed by atoms with van der Waals surface area (Å²) in [6, 6.07) is 11.5. The summed E-state index contributed by atoms with van der Waals surface area (Å²) in [5.74, 6) is 1.38. The van der Waals surface area contributed by atoms with Crippen LogP contribution in [0, 0.1) is 4.77 Å². The molecule has 0 aliphatic rings. The Bertz CT molecular complexity index is 1160. The number of hydrogen-bond donors (Lipinski definition) is 2. The first-order chi connectivity index (χ1) is 13.6. The van der Waals surface area contributed by atoms with Crippen LogP contribution in [0.4, 0.5) is 5.69 Å². The number of carbonyl (C=O) groups excluding carboxylic acids is 1. The molecule has 2 N–H and O–H groups in total. The molecule has 0 bridgehead atoms. The van der Waals surface area contributed by atoms with E-state index in [1.54, 1.807) is 17.7 Å². The highest BCUT2D eigenvalue weighted by Gasteiger charge is 2.12. The first kappa shape index (κ1) is 18.3. The molecule has 4 aromatic rings. The molecule has 0 fully saturated rings. The van der Waals surface area contributed by atoms with Crippen molar-refractivity contribution in [3.05, 3.63) is 52.9 Å². The Balaban J connectivity index is 1.44. The van der Waals surface area contributed by atoms with Gasteiger partial charge in [-0.25, -0.2) is 0 Å². The number of amides is 1. The summed E-state index contributed by atoms with van der Waals surface area (Å²) in [4.78, 5) is 13.5. The average Bonchev–Trinajstić information content (AvgIpc) is 3.41. The van der Waals surface area contributed by atoms with Crippen molar-refractivity contribution in [3.8, 4) is 22.1 Å². The highest BCUT2D eigenvalue weighted by Crippen LogP contribution is 2.23. The van der Waals surface area contributed by atoms with E-state index >= 15 is 0 Å². The summed E-state index contributed by atoms with van der Waals surface area (Å²) >= 11 is 6.88. The molecule has 3 heterocycles. The molecule has 0 spiro atoms. The van der Waals surface area contributed by atoms with Gasteiger partial charge in [0.05, 0.1) is 4.88 Å². The first-order valence-corrected chi connectivity index (χ1v) is 9.84. The van der Waals surface area contributed by atoms with E-state index in [0.29, 0.717) is 17.0 Å². The van der Waals surface area contributed by atoms with Gasteiger partial charge in [-0.2, -0.15) is 5.10 Å². The molecule has 1 amide bonds. The number of aryl methyl sites for hydroxylation is 1. The molecule has 0 unspecified atom stereocenters. The van der Waals surface area contributed by atoms with E-state index in [1.807, 2.05) is 58.0 Å². The minimum Gasteiger partial charge on any atom is -0.326 e. The molecule has 4 rings (SSSR count). The molecule has 0 saturated carbocycles. The maximum absolute atomic E-state index is 12.5. The maximum atomic E-state index is 12.5. The van der Waals surface area contributed by atoms with Gasteiger partial charge in [0.2, 0.25) is 5.91 Å². The molecule has 0 radical (unpaired) electrons. The number of benzene rings is 1. The van der Waals surface area contributed by atoms with Gasteiger partial charge in [0.25, 0.3) is 0 Å². The highest BCUT2D eigenvalue weighted by atomic mass is 32.1. The Morgan fingerprint density at radius 3 is 2.93 bits per heavy atom. The molecule has 0 aliphatic carbocycles. The predicted molar refractivity (Wildman–Crippen MR) is 110 cm³/mol. The highest BCUT2D eigenvalue weighted by molar-refractivity contribution is 7.71. The summed E-state index contributed by atoms with van der Waals surface area (Å²) in [6.45, 7) is 0.442. The van der Waals surface area contributed by atoms with Crippen molar-refractivity contribution in [1.82, 2.24) is 29.5 Å². The molecule has 0 atom stereocenters. The van der Waals surface area contributed by atoms with E-state index in [4.69, 9.17) is 12.2 Å². The lowest BCUT2D eigenvalue weighted by Crippen LogP contribution is -2.15. The van der Waals surface area contributed by atoms with Gasteiger partial charge in [-0.1, -0.05) is 18.2 Å². The minimum absolute atomic E-state index is 0.102. The fourth-order valence-electron chi connectivity index (χ4n) is 2.84. The molecule has 1 aromatic carbocycles. The molecule has 8 nitrogen and oxygen atoms in total. The molecule has 28 heavy (non-hydrogen) atoms. The van der Waals surface area contributed by atoms with E-state index in [9.17, 15) is 4.79 Å². The Labute approximate surface area is 169 Å². The molecule has 10 heteroatoms. The zero-order valence-corrected chi connectivity index (χ0v) is 16.6. The lowest BCUT2D eigenvalue weighted by atomic mass is 10.2. The van der Waals surface area contributed by atoms with Gasteiger partial charge in [0.15, 0.2) is 16.4 Å². The van der Waals surface area contributed by atoms with Crippen LogP contribution in [-0.2, 0) is 18.4 Å². The maximum Gasteiger partial charge on any atom is 0.226 e. The molecule has 3 aromatic heterocycles. The first-order valence-electron chi connectivity index (χ1n) is 8.55. The largest absolute Gasteiger partial charge is 0.326 e. The van der Waals surface area contributed by atoms with Crippen LogP contribution in [-0.4, -0.2) is 35.4 Å². The monoisotopic (exact) mass is 411 g/mol. The van der Waals surface area contributed by atoms with Crippen LogP contribution in [0.3, 0.4) is 0 Å². The van der Waals surface area contributed by atoms with Crippen LogP contribution in [0.5, 0.6) is 0 Å². The van der Waals surface area contributed by atoms with E-state index in [2.05, 4.69) is 25.7 Å². The SMILES string of the molecule is Cn1cnnc1-c1cccc(NC(=O)CCn2c(-c3cccs3)n[nH]c2=S)c1. The number of carbonyl (C=O) groups is 1. The summed E-state index contributed by atoms with van der Waals surface area (Å²) in [6.07, 6.45) is 1.92. The van der Waals surface area contributed by atoms with E-state index in [1.165, 1.54) is 0 Å². The van der Waals surface area contributed by atoms with Crippen molar-refractivity contribution in [3.63, 3.8) is 0 Å². The number of aromatic nitrogens is 6. The number of nitrogens with one attached hydrogen (secondary N) is 2. The van der Waals surface area contributed by atoms with Crippen molar-refractivity contribution in [2.75, 3.05) is 5.32 Å². The third kappa shape index (κ3) is 3.78. The average molecular weight is 412 g/mol. The zero-order valence-electron chi connectivity index (χ0n) is 15.0. The van der Waals surface area contributed by atoms with Crippen LogP contribution in [0.2, 0.25) is 0 Å². The summed E-state index contributed by atoms with van der Waals surface area (Å²) in [5, 5.41) is 20.0. The Kier molecular flexibility index (Phi) is 5.13. The fourth-order valence-corrected chi connectivity index (χ4v) is 3.78. The number of H-pyrrole nitrogens is 1. The zero-order chi connectivity index (χ0) is 19.5. The fraction of sp³-hybridized carbons (Fsp3) is 0.167. The lowest BCUT2D eigenvalue weighted by Gasteiger charge is -2.09. The van der Waals surface area contributed by atoms with Crippen molar-refractivity contribution in [2.24, 2.45) is 7.05 Å². The molecule has 0 saturated heterocycles. The van der Waals surface area contributed by atoms with Crippen molar-refractivity contribution in [2.45, 2.75) is 13.0 Å². The second-order valence-electron chi connectivity index (χ2n) is 6.13. The topological polar surface area (TPSA) is 93.4 Å². The minimum atomic E-state index is -0.102. The van der Waals surface area contributed by atoms with E-state index in [-0.39, 0.29) is 12.3 Å². The summed E-state index contributed by atoms with van der Waals surface area (Å²) in [5.41, 5.74) is 1.59. The smallest absolute Gasteiger partial charge is 0.226 e. The third-order valence-electron chi connectivity index (χ3n) is 4.18. The molecular formula is C18H17N7OS2. The predicted octanol–water partition coefficient (Wildman–Crippen LogP) is 3.49. The van der Waals surface area contributed by atoms with Crippen LogP contribution in [0.1, 0.15) is 6.42 Å². The quantitative estimate of drug-likeness (QED) is 0.474. The van der Waals surface area contributed by atoms with Gasteiger partial charge in [-0.3, -0.25) is 14.5 Å². The number of nitrogens with zero attached hydrogens (tertiary/aromatic N) is 5. The summed E-state index contributed by atoms with van der Waals surface area (Å²) < 4.78 is 4.17. The van der Waals surface area contributed by atoms with Gasteiger partial charge in [-0.05, 0) is 35.8 Å². The molecular weight excluding hydrogens is 394 g/mol. The van der Waals surface area contributed by atoms with Crippen LogP contribution >= 0.6 is 23.6 Å². The molecule has 142 valence electrons. The van der Waals surface area contributed by atoms with E-state index < -0.39 is 0 Å². The van der Waals surface area contributed by atoms with Crippen LogP contribution < -0.4 is 5.32 Å². The lowest BCUT2D eigenvalue weighted by molar-refractivity contribution is -0.116. The van der Waals surface area contributed by atoms with Crippen LogP contribution in [0.15, 0.2) is 48.1 Å². The normalized spacial score (nSPS) is 10.9. The number of hydrogen-bond acceptors (Lipinski definition) is 6. The Morgan fingerprint density at radius 1 is 1.29 bits per heavy atom.